The summed E-state index contributed by atoms with van der Waals surface area (Å²) in [4.78, 5) is 21.9. The molecule has 0 radical (unpaired) electrons. The zero-order chi connectivity index (χ0) is 14.4. The van der Waals surface area contributed by atoms with Crippen LogP contribution in [0.2, 0.25) is 0 Å². The number of nitrogens with zero attached hydrogens (tertiary/aromatic N) is 3. The number of aliphatic hydroxyl groups is 1. The van der Waals surface area contributed by atoms with Crippen molar-refractivity contribution in [3.05, 3.63) is 16.7 Å². The molecule has 1 aliphatic rings. The van der Waals surface area contributed by atoms with Crippen LogP contribution in [-0.4, -0.2) is 43.5 Å². The SMILES string of the molecule is C[C@H]1[C@H](F)[C@H](n2cnc3c(=O)[nH]c(N)nc32)O[C@@H]1CO. The third-order valence-electron chi connectivity index (χ3n) is 3.58. The van der Waals surface area contributed by atoms with E-state index in [9.17, 15) is 9.18 Å². The Kier molecular flexibility index (Phi) is 2.94. The van der Waals surface area contributed by atoms with Gasteiger partial charge >= 0.3 is 0 Å². The van der Waals surface area contributed by atoms with Gasteiger partial charge in [-0.1, -0.05) is 6.92 Å². The van der Waals surface area contributed by atoms with Crippen LogP contribution in [0.15, 0.2) is 11.1 Å². The molecule has 8 nitrogen and oxygen atoms in total. The number of rotatable bonds is 2. The lowest BCUT2D eigenvalue weighted by Crippen LogP contribution is -2.22. The molecule has 20 heavy (non-hydrogen) atoms. The highest BCUT2D eigenvalue weighted by Crippen LogP contribution is 2.36. The number of halogens is 1. The average Bonchev–Trinajstić information content (AvgIpc) is 2.93. The van der Waals surface area contributed by atoms with Crippen LogP contribution in [0, 0.1) is 5.92 Å². The molecule has 108 valence electrons. The van der Waals surface area contributed by atoms with Gasteiger partial charge in [-0.25, -0.2) is 9.37 Å². The summed E-state index contributed by atoms with van der Waals surface area (Å²) in [6.45, 7) is 1.38. The highest BCUT2D eigenvalue weighted by molar-refractivity contribution is 5.70. The first-order valence-electron chi connectivity index (χ1n) is 6.15. The summed E-state index contributed by atoms with van der Waals surface area (Å²) in [5.74, 6) is -0.550. The number of hydrogen-bond donors (Lipinski definition) is 3. The number of H-pyrrole nitrogens is 1. The van der Waals surface area contributed by atoms with Crippen molar-refractivity contribution in [1.29, 1.82) is 0 Å². The van der Waals surface area contributed by atoms with Crippen LogP contribution in [0.3, 0.4) is 0 Å². The number of nitrogen functional groups attached to an aromatic ring is 1. The molecule has 0 aromatic carbocycles. The molecule has 4 N–H and O–H groups in total. The molecule has 9 heteroatoms. The van der Waals surface area contributed by atoms with E-state index in [2.05, 4.69) is 15.0 Å². The molecule has 0 bridgehead atoms. The molecule has 2 aromatic heterocycles. The van der Waals surface area contributed by atoms with Crippen molar-refractivity contribution in [3.8, 4) is 0 Å². The number of nitrogens with one attached hydrogen (secondary N) is 1. The van der Waals surface area contributed by atoms with Crippen molar-refractivity contribution in [3.63, 3.8) is 0 Å². The van der Waals surface area contributed by atoms with Gasteiger partial charge in [-0.2, -0.15) is 4.98 Å². The number of alkyl halides is 1. The van der Waals surface area contributed by atoms with Crippen molar-refractivity contribution < 1.29 is 14.2 Å². The molecule has 3 heterocycles. The molecule has 4 atom stereocenters. The van der Waals surface area contributed by atoms with Gasteiger partial charge in [0.05, 0.1) is 19.0 Å². The largest absolute Gasteiger partial charge is 0.394 e. The van der Waals surface area contributed by atoms with E-state index < -0.39 is 30.0 Å². The van der Waals surface area contributed by atoms with Gasteiger partial charge in [-0.3, -0.25) is 14.3 Å². The Morgan fingerprint density at radius 2 is 2.40 bits per heavy atom. The van der Waals surface area contributed by atoms with Crippen LogP contribution >= 0.6 is 0 Å². The summed E-state index contributed by atoms with van der Waals surface area (Å²) in [6, 6.07) is 0. The summed E-state index contributed by atoms with van der Waals surface area (Å²) in [5, 5.41) is 9.16. The Hall–Kier alpha value is -2.00. The highest BCUT2D eigenvalue weighted by Gasteiger charge is 2.43. The van der Waals surface area contributed by atoms with Gasteiger partial charge in [0.2, 0.25) is 5.95 Å². The van der Waals surface area contributed by atoms with E-state index in [0.29, 0.717) is 0 Å². The van der Waals surface area contributed by atoms with Crippen LogP contribution in [-0.2, 0) is 4.74 Å². The Bertz CT molecular complexity index is 699. The third-order valence-corrected chi connectivity index (χ3v) is 3.58. The van der Waals surface area contributed by atoms with E-state index >= 15 is 0 Å². The van der Waals surface area contributed by atoms with Crippen LogP contribution in [0.4, 0.5) is 10.3 Å². The van der Waals surface area contributed by atoms with Crippen LogP contribution < -0.4 is 11.3 Å². The van der Waals surface area contributed by atoms with E-state index in [-0.39, 0.29) is 23.7 Å². The van der Waals surface area contributed by atoms with Crippen LogP contribution in [0.5, 0.6) is 0 Å². The zero-order valence-corrected chi connectivity index (χ0v) is 10.7. The number of ether oxygens (including phenoxy) is 1. The van der Waals surface area contributed by atoms with E-state index in [1.807, 2.05) is 0 Å². The summed E-state index contributed by atoms with van der Waals surface area (Å²) >= 11 is 0. The maximum atomic E-state index is 14.3. The molecule has 1 fully saturated rings. The number of anilines is 1. The first kappa shape index (κ1) is 13.0. The molecule has 0 amide bonds. The Labute approximate surface area is 112 Å². The average molecular weight is 283 g/mol. The van der Waals surface area contributed by atoms with Gasteiger partial charge in [0.1, 0.15) is 0 Å². The first-order chi connectivity index (χ1) is 9.52. The fourth-order valence-corrected chi connectivity index (χ4v) is 2.40. The molecular formula is C11H14FN5O3. The molecule has 3 rings (SSSR count). The molecule has 2 aromatic rings. The van der Waals surface area contributed by atoms with E-state index in [1.165, 1.54) is 10.9 Å². The second kappa shape index (κ2) is 4.53. The smallest absolute Gasteiger partial charge is 0.280 e. The molecule has 0 spiro atoms. The second-order valence-corrected chi connectivity index (χ2v) is 4.83. The lowest BCUT2D eigenvalue weighted by Gasteiger charge is -2.15. The minimum Gasteiger partial charge on any atom is -0.394 e. The topological polar surface area (TPSA) is 119 Å². The van der Waals surface area contributed by atoms with Gasteiger partial charge in [-0.15, -0.1) is 0 Å². The van der Waals surface area contributed by atoms with Gasteiger partial charge in [0, 0.05) is 5.92 Å². The lowest BCUT2D eigenvalue weighted by molar-refractivity contribution is -0.0378. The monoisotopic (exact) mass is 283 g/mol. The van der Waals surface area contributed by atoms with Gasteiger partial charge in [0.15, 0.2) is 23.6 Å². The maximum absolute atomic E-state index is 14.3. The standard InChI is InChI=1S/C11H14FN5O3/c1-4-5(2-18)20-10(6(4)12)17-3-14-7-8(17)15-11(13)16-9(7)19/h3-6,10,18H,2H2,1H3,(H3,13,15,16,19)/t4-,5-,6+,10-/m1/s1. The van der Waals surface area contributed by atoms with Gasteiger partial charge in [0.25, 0.3) is 5.56 Å². The third kappa shape index (κ3) is 1.78. The number of imidazole rings is 1. The molecular weight excluding hydrogens is 269 g/mol. The predicted molar refractivity (Wildman–Crippen MR) is 67.6 cm³/mol. The fourth-order valence-electron chi connectivity index (χ4n) is 2.40. The predicted octanol–water partition coefficient (Wildman–Crippen LogP) is -0.434. The highest BCUT2D eigenvalue weighted by atomic mass is 19.1. The maximum Gasteiger partial charge on any atom is 0.280 e. The van der Waals surface area contributed by atoms with E-state index in [0.717, 1.165) is 0 Å². The zero-order valence-electron chi connectivity index (χ0n) is 10.7. The second-order valence-electron chi connectivity index (χ2n) is 4.83. The molecule has 0 saturated carbocycles. The number of aromatic amines is 1. The van der Waals surface area contributed by atoms with Crippen LogP contribution in [0.1, 0.15) is 13.2 Å². The van der Waals surface area contributed by atoms with Gasteiger partial charge < -0.3 is 15.6 Å². The number of aromatic nitrogens is 4. The normalized spacial score (nSPS) is 30.1. The Balaban J connectivity index is 2.09. The summed E-state index contributed by atoms with van der Waals surface area (Å²) in [5.41, 5.74) is 5.21. The minimum absolute atomic E-state index is 0.0649. The molecule has 0 unspecified atom stereocenters. The van der Waals surface area contributed by atoms with Gasteiger partial charge in [-0.05, 0) is 0 Å². The summed E-state index contributed by atoms with van der Waals surface area (Å²) in [6.07, 6.45) is -1.64. The van der Waals surface area contributed by atoms with E-state index in [4.69, 9.17) is 15.6 Å². The first-order valence-corrected chi connectivity index (χ1v) is 6.15. The number of aliphatic hydroxyl groups excluding tert-OH is 1. The lowest BCUT2D eigenvalue weighted by atomic mass is 10.0. The summed E-state index contributed by atoms with van der Waals surface area (Å²) in [7, 11) is 0. The van der Waals surface area contributed by atoms with E-state index in [1.54, 1.807) is 6.92 Å². The van der Waals surface area contributed by atoms with Crippen molar-refractivity contribution in [2.75, 3.05) is 12.3 Å². The number of hydrogen-bond acceptors (Lipinski definition) is 6. The minimum atomic E-state index is -1.34. The number of nitrogens with two attached hydrogens (primary N) is 1. The Morgan fingerprint density at radius 3 is 3.05 bits per heavy atom. The summed E-state index contributed by atoms with van der Waals surface area (Å²) < 4.78 is 21.1. The molecule has 1 saturated heterocycles. The van der Waals surface area contributed by atoms with Crippen molar-refractivity contribution in [2.45, 2.75) is 25.4 Å². The molecule has 0 aliphatic carbocycles. The van der Waals surface area contributed by atoms with Crippen molar-refractivity contribution in [2.24, 2.45) is 5.92 Å². The van der Waals surface area contributed by atoms with Crippen molar-refractivity contribution in [1.82, 2.24) is 19.5 Å². The Morgan fingerprint density at radius 1 is 1.65 bits per heavy atom. The quantitative estimate of drug-likeness (QED) is 0.687. The van der Waals surface area contributed by atoms with Crippen LogP contribution in [0.25, 0.3) is 11.2 Å². The number of fused-ring (bicyclic) bond motifs is 1. The fraction of sp³-hybridized carbons (Fsp3) is 0.545. The molecule has 1 aliphatic heterocycles. The van der Waals surface area contributed by atoms with Crippen molar-refractivity contribution >= 4 is 17.1 Å².